The number of hydrogen-bond acceptors (Lipinski definition) is 2. The minimum atomic E-state index is -0.00442. The second-order valence-corrected chi connectivity index (χ2v) is 6.65. The van der Waals surface area contributed by atoms with Gasteiger partial charge in [-0.1, -0.05) is 39.0 Å². The maximum absolute atomic E-state index is 12.8. The van der Waals surface area contributed by atoms with E-state index in [9.17, 15) is 4.79 Å². The van der Waals surface area contributed by atoms with Crippen LogP contribution in [-0.4, -0.2) is 37.0 Å². The topological polar surface area (TPSA) is 32.3 Å². The van der Waals surface area contributed by atoms with Crippen molar-refractivity contribution in [2.75, 3.05) is 20.1 Å². The normalized spacial score (nSPS) is 17.3. The average molecular weight is 274 g/mol. The second kappa shape index (κ2) is 5.96. The van der Waals surface area contributed by atoms with Crippen molar-refractivity contribution in [1.82, 2.24) is 10.2 Å². The number of rotatable bonds is 2. The number of piperidine rings is 1. The van der Waals surface area contributed by atoms with Crippen LogP contribution >= 0.6 is 0 Å². The molecular weight excluding hydrogens is 248 g/mol. The summed E-state index contributed by atoms with van der Waals surface area (Å²) in [5, 5.41) is 3.30. The Morgan fingerprint density at radius 3 is 2.35 bits per heavy atom. The second-order valence-electron chi connectivity index (χ2n) is 6.65. The van der Waals surface area contributed by atoms with Gasteiger partial charge in [0.05, 0.1) is 0 Å². The molecule has 110 valence electrons. The Bertz CT molecular complexity index is 468. The summed E-state index contributed by atoms with van der Waals surface area (Å²) in [6.07, 6.45) is 2.08. The third-order valence-electron chi connectivity index (χ3n) is 4.16. The first-order valence-corrected chi connectivity index (χ1v) is 7.49. The highest BCUT2D eigenvalue weighted by molar-refractivity contribution is 5.96. The van der Waals surface area contributed by atoms with Crippen LogP contribution in [0.4, 0.5) is 0 Å². The molecule has 1 aromatic rings. The van der Waals surface area contributed by atoms with Crippen molar-refractivity contribution in [2.45, 2.75) is 45.1 Å². The fourth-order valence-corrected chi connectivity index (χ4v) is 2.87. The van der Waals surface area contributed by atoms with Crippen molar-refractivity contribution < 1.29 is 4.79 Å². The highest BCUT2D eigenvalue weighted by Gasteiger charge is 2.27. The lowest BCUT2D eigenvalue weighted by atomic mass is 9.83. The van der Waals surface area contributed by atoms with Gasteiger partial charge in [-0.05, 0) is 36.9 Å². The fraction of sp³-hybridized carbons (Fsp3) is 0.588. The number of carbonyl (C=O) groups is 1. The maximum Gasteiger partial charge on any atom is 0.254 e. The van der Waals surface area contributed by atoms with Crippen molar-refractivity contribution in [1.29, 1.82) is 0 Å². The smallest absolute Gasteiger partial charge is 0.254 e. The number of carbonyl (C=O) groups excluding carboxylic acids is 1. The molecule has 1 fully saturated rings. The van der Waals surface area contributed by atoms with E-state index in [4.69, 9.17) is 0 Å². The largest absolute Gasteiger partial charge is 0.339 e. The van der Waals surface area contributed by atoms with Gasteiger partial charge in [-0.2, -0.15) is 0 Å². The summed E-state index contributed by atoms with van der Waals surface area (Å²) in [5.41, 5.74) is 2.00. The predicted molar refractivity (Wildman–Crippen MR) is 83.1 cm³/mol. The van der Waals surface area contributed by atoms with E-state index in [1.54, 1.807) is 0 Å². The van der Waals surface area contributed by atoms with E-state index < -0.39 is 0 Å². The van der Waals surface area contributed by atoms with Crippen molar-refractivity contribution in [3.63, 3.8) is 0 Å². The van der Waals surface area contributed by atoms with E-state index in [-0.39, 0.29) is 11.3 Å². The molecule has 0 unspecified atom stereocenters. The van der Waals surface area contributed by atoms with Gasteiger partial charge in [0.2, 0.25) is 0 Å². The number of nitrogens with one attached hydrogen (secondary N) is 1. The van der Waals surface area contributed by atoms with E-state index in [0.29, 0.717) is 6.04 Å². The van der Waals surface area contributed by atoms with Crippen molar-refractivity contribution in [3.05, 3.63) is 35.4 Å². The standard InChI is InChI=1S/C17H26N2O/c1-17(2,3)15-8-6-5-7-14(15)16(20)19-11-9-13(18-4)10-12-19/h5-8,13,18H,9-12H2,1-4H3. The van der Waals surface area contributed by atoms with Crippen LogP contribution in [0.5, 0.6) is 0 Å². The first-order valence-electron chi connectivity index (χ1n) is 7.49. The predicted octanol–water partition coefficient (Wildman–Crippen LogP) is 2.81. The summed E-state index contributed by atoms with van der Waals surface area (Å²) in [6.45, 7) is 8.18. The molecule has 0 aromatic heterocycles. The zero-order valence-electron chi connectivity index (χ0n) is 13.1. The Balaban J connectivity index is 2.18. The zero-order valence-corrected chi connectivity index (χ0v) is 13.1. The molecule has 1 aliphatic rings. The van der Waals surface area contributed by atoms with E-state index in [0.717, 1.165) is 37.1 Å². The van der Waals surface area contributed by atoms with E-state index in [1.807, 2.05) is 30.1 Å². The van der Waals surface area contributed by atoms with Gasteiger partial charge in [0.25, 0.3) is 5.91 Å². The van der Waals surface area contributed by atoms with Gasteiger partial charge in [-0.3, -0.25) is 4.79 Å². The molecule has 1 amide bonds. The summed E-state index contributed by atoms with van der Waals surface area (Å²) >= 11 is 0. The third-order valence-corrected chi connectivity index (χ3v) is 4.16. The molecule has 1 N–H and O–H groups in total. The highest BCUT2D eigenvalue weighted by Crippen LogP contribution is 2.27. The summed E-state index contributed by atoms with van der Waals surface area (Å²) in [6, 6.07) is 8.57. The Labute approximate surface area is 122 Å². The summed E-state index contributed by atoms with van der Waals surface area (Å²) in [7, 11) is 2.00. The van der Waals surface area contributed by atoms with Gasteiger partial charge in [-0.15, -0.1) is 0 Å². The van der Waals surface area contributed by atoms with Crippen LogP contribution in [0.3, 0.4) is 0 Å². The Hall–Kier alpha value is -1.35. The van der Waals surface area contributed by atoms with Crippen LogP contribution in [0.15, 0.2) is 24.3 Å². The van der Waals surface area contributed by atoms with Crippen molar-refractivity contribution in [3.8, 4) is 0 Å². The average Bonchev–Trinajstić information content (AvgIpc) is 2.46. The molecule has 0 saturated carbocycles. The third kappa shape index (κ3) is 3.21. The van der Waals surface area contributed by atoms with Crippen LogP contribution in [0.25, 0.3) is 0 Å². The maximum atomic E-state index is 12.8. The molecule has 20 heavy (non-hydrogen) atoms. The monoisotopic (exact) mass is 274 g/mol. The van der Waals surface area contributed by atoms with Crippen molar-refractivity contribution in [2.24, 2.45) is 0 Å². The van der Waals surface area contributed by atoms with Crippen LogP contribution < -0.4 is 5.32 Å². The quantitative estimate of drug-likeness (QED) is 0.899. The first-order chi connectivity index (χ1) is 9.43. The molecule has 1 aromatic carbocycles. The summed E-state index contributed by atoms with van der Waals surface area (Å²) < 4.78 is 0. The molecule has 0 atom stereocenters. The molecule has 0 spiro atoms. The van der Waals surface area contributed by atoms with Gasteiger partial charge in [0, 0.05) is 24.7 Å². The summed E-state index contributed by atoms with van der Waals surface area (Å²) in [5.74, 6) is 0.185. The van der Waals surface area contributed by atoms with Gasteiger partial charge < -0.3 is 10.2 Å². The lowest BCUT2D eigenvalue weighted by Gasteiger charge is -2.33. The molecule has 3 nitrogen and oxygen atoms in total. The molecule has 1 aliphatic heterocycles. The minimum absolute atomic E-state index is 0.00442. The molecule has 0 bridgehead atoms. The molecular formula is C17H26N2O. The van der Waals surface area contributed by atoms with E-state index in [2.05, 4.69) is 32.2 Å². The highest BCUT2D eigenvalue weighted by atomic mass is 16.2. The Morgan fingerprint density at radius 2 is 1.80 bits per heavy atom. The number of likely N-dealkylation sites (tertiary alicyclic amines) is 1. The summed E-state index contributed by atoms with van der Waals surface area (Å²) in [4.78, 5) is 14.8. The minimum Gasteiger partial charge on any atom is -0.339 e. The van der Waals surface area contributed by atoms with Crippen LogP contribution in [0, 0.1) is 0 Å². The molecule has 3 heteroatoms. The van der Waals surface area contributed by atoms with Crippen LogP contribution in [-0.2, 0) is 5.41 Å². The van der Waals surface area contributed by atoms with Gasteiger partial charge in [-0.25, -0.2) is 0 Å². The number of nitrogens with zero attached hydrogens (tertiary/aromatic N) is 1. The lowest BCUT2D eigenvalue weighted by Crippen LogP contribution is -2.44. The zero-order chi connectivity index (χ0) is 14.8. The van der Waals surface area contributed by atoms with Gasteiger partial charge in [0.15, 0.2) is 0 Å². The lowest BCUT2D eigenvalue weighted by molar-refractivity contribution is 0.0705. The molecule has 0 aliphatic carbocycles. The van der Waals surface area contributed by atoms with E-state index >= 15 is 0 Å². The molecule has 2 rings (SSSR count). The number of benzene rings is 1. The Morgan fingerprint density at radius 1 is 1.20 bits per heavy atom. The molecule has 0 radical (unpaired) electrons. The number of hydrogen-bond donors (Lipinski definition) is 1. The molecule has 1 heterocycles. The Kier molecular flexibility index (Phi) is 4.48. The fourth-order valence-electron chi connectivity index (χ4n) is 2.87. The first kappa shape index (κ1) is 15.0. The SMILES string of the molecule is CNC1CCN(C(=O)c2ccccc2C(C)(C)C)CC1. The van der Waals surface area contributed by atoms with Gasteiger partial charge in [0.1, 0.15) is 0 Å². The van der Waals surface area contributed by atoms with Crippen LogP contribution in [0.2, 0.25) is 0 Å². The van der Waals surface area contributed by atoms with Crippen molar-refractivity contribution >= 4 is 5.91 Å². The van der Waals surface area contributed by atoms with Crippen LogP contribution in [0.1, 0.15) is 49.5 Å². The van der Waals surface area contributed by atoms with Gasteiger partial charge >= 0.3 is 0 Å². The number of amides is 1. The molecule has 1 saturated heterocycles. The van der Waals surface area contributed by atoms with E-state index in [1.165, 1.54) is 0 Å².